The monoisotopic (exact) mass is 232 g/mol. The van der Waals surface area contributed by atoms with Gasteiger partial charge in [-0.1, -0.05) is 25.1 Å². The van der Waals surface area contributed by atoms with Gasteiger partial charge in [-0.15, -0.1) is 0 Å². The van der Waals surface area contributed by atoms with Gasteiger partial charge in [-0.2, -0.15) is 0 Å². The van der Waals surface area contributed by atoms with Gasteiger partial charge in [-0.25, -0.2) is 0 Å². The fourth-order valence-electron chi connectivity index (χ4n) is 1.88. The summed E-state index contributed by atoms with van der Waals surface area (Å²) in [5, 5.41) is 0.968. The summed E-state index contributed by atoms with van der Waals surface area (Å²) < 4.78 is 10.5. The van der Waals surface area contributed by atoms with Crippen LogP contribution in [0.25, 0.3) is 11.0 Å². The Morgan fingerprint density at radius 2 is 2.18 bits per heavy atom. The third kappa shape index (κ3) is 2.74. The number of carbonyl (C=O) groups is 1. The third-order valence-electron chi connectivity index (χ3n) is 2.69. The summed E-state index contributed by atoms with van der Waals surface area (Å²) in [6.07, 6.45) is 0.452. The van der Waals surface area contributed by atoms with Crippen LogP contribution in [0.1, 0.15) is 23.9 Å². The molecule has 0 aliphatic rings. The van der Waals surface area contributed by atoms with Crippen LogP contribution in [0.4, 0.5) is 0 Å². The summed E-state index contributed by atoms with van der Waals surface area (Å²) >= 11 is 0. The number of hydrogen-bond donors (Lipinski definition) is 0. The first kappa shape index (κ1) is 11.9. The lowest BCUT2D eigenvalue weighted by Crippen LogP contribution is -2.10. The lowest BCUT2D eigenvalue weighted by Gasteiger charge is -2.07. The molecule has 1 heterocycles. The number of Topliss-reactive ketones (excluding diaryl/α,β-unsaturated/α-hetero) is 1. The van der Waals surface area contributed by atoms with E-state index in [2.05, 4.69) is 0 Å². The zero-order chi connectivity index (χ0) is 12.3. The van der Waals surface area contributed by atoms with Crippen molar-refractivity contribution in [3.05, 3.63) is 36.1 Å². The Labute approximate surface area is 100 Å². The summed E-state index contributed by atoms with van der Waals surface area (Å²) in [5.74, 6) is 0.681. The van der Waals surface area contributed by atoms with E-state index in [-0.39, 0.29) is 11.7 Å². The van der Waals surface area contributed by atoms with Gasteiger partial charge in [0.05, 0.1) is 0 Å². The van der Waals surface area contributed by atoms with Crippen LogP contribution in [-0.2, 0) is 4.74 Å². The molecule has 17 heavy (non-hydrogen) atoms. The standard InChI is InChI=1S/C14H16O3/c1-10(9-16-2)7-12(15)14-8-11-5-3-4-6-13(11)17-14/h3-6,8,10H,7,9H2,1-2H3. The summed E-state index contributed by atoms with van der Waals surface area (Å²) in [6.45, 7) is 2.58. The van der Waals surface area contributed by atoms with Crippen LogP contribution < -0.4 is 0 Å². The minimum absolute atomic E-state index is 0.0331. The Bertz CT molecular complexity index is 480. The zero-order valence-electron chi connectivity index (χ0n) is 10.1. The lowest BCUT2D eigenvalue weighted by molar-refractivity contribution is 0.0895. The number of rotatable bonds is 5. The van der Waals surface area contributed by atoms with Crippen molar-refractivity contribution in [2.24, 2.45) is 5.92 Å². The van der Waals surface area contributed by atoms with Gasteiger partial charge in [-0.3, -0.25) is 4.79 Å². The normalized spacial score (nSPS) is 12.8. The maximum absolute atomic E-state index is 12.0. The summed E-state index contributed by atoms with van der Waals surface area (Å²) in [5.41, 5.74) is 0.759. The van der Waals surface area contributed by atoms with Crippen LogP contribution in [0.15, 0.2) is 34.7 Å². The average molecular weight is 232 g/mol. The van der Waals surface area contributed by atoms with Crippen LogP contribution in [0.2, 0.25) is 0 Å². The van der Waals surface area contributed by atoms with Gasteiger partial charge < -0.3 is 9.15 Å². The van der Waals surface area contributed by atoms with Gasteiger partial charge in [0, 0.05) is 25.5 Å². The van der Waals surface area contributed by atoms with Crippen molar-refractivity contribution in [2.45, 2.75) is 13.3 Å². The zero-order valence-corrected chi connectivity index (χ0v) is 10.1. The fourth-order valence-corrected chi connectivity index (χ4v) is 1.88. The van der Waals surface area contributed by atoms with Crippen molar-refractivity contribution in [3.8, 4) is 0 Å². The minimum Gasteiger partial charge on any atom is -0.453 e. The number of fused-ring (bicyclic) bond motifs is 1. The highest BCUT2D eigenvalue weighted by molar-refractivity contribution is 5.97. The quantitative estimate of drug-likeness (QED) is 0.742. The van der Waals surface area contributed by atoms with E-state index >= 15 is 0 Å². The Morgan fingerprint density at radius 3 is 2.88 bits per heavy atom. The summed E-state index contributed by atoms with van der Waals surface area (Å²) in [4.78, 5) is 12.0. The van der Waals surface area contributed by atoms with Crippen molar-refractivity contribution in [3.63, 3.8) is 0 Å². The molecule has 0 spiro atoms. The van der Waals surface area contributed by atoms with Gasteiger partial charge in [0.15, 0.2) is 11.5 Å². The maximum atomic E-state index is 12.0. The largest absolute Gasteiger partial charge is 0.453 e. The van der Waals surface area contributed by atoms with Crippen molar-refractivity contribution < 1.29 is 13.9 Å². The van der Waals surface area contributed by atoms with Crippen LogP contribution in [0.3, 0.4) is 0 Å². The number of para-hydroxylation sites is 1. The Balaban J connectivity index is 2.13. The Hall–Kier alpha value is -1.61. The second-order valence-electron chi connectivity index (χ2n) is 4.34. The molecule has 0 N–H and O–H groups in total. The molecular weight excluding hydrogens is 216 g/mol. The lowest BCUT2D eigenvalue weighted by atomic mass is 10.0. The van der Waals surface area contributed by atoms with Crippen molar-refractivity contribution in [1.82, 2.24) is 0 Å². The molecule has 0 aliphatic heterocycles. The number of methoxy groups -OCH3 is 1. The van der Waals surface area contributed by atoms with Gasteiger partial charge >= 0.3 is 0 Å². The average Bonchev–Trinajstić information content (AvgIpc) is 2.72. The van der Waals surface area contributed by atoms with Crippen LogP contribution >= 0.6 is 0 Å². The molecule has 90 valence electrons. The van der Waals surface area contributed by atoms with E-state index in [0.717, 1.165) is 11.0 Å². The number of carbonyl (C=O) groups excluding carboxylic acids is 1. The van der Waals surface area contributed by atoms with Gasteiger partial charge in [0.25, 0.3) is 0 Å². The van der Waals surface area contributed by atoms with Gasteiger partial charge in [0.1, 0.15) is 5.58 Å². The van der Waals surface area contributed by atoms with E-state index in [1.165, 1.54) is 0 Å². The predicted molar refractivity (Wildman–Crippen MR) is 66.2 cm³/mol. The Morgan fingerprint density at radius 1 is 1.41 bits per heavy atom. The van der Waals surface area contributed by atoms with Crippen molar-refractivity contribution >= 4 is 16.8 Å². The molecule has 1 aromatic carbocycles. The molecule has 0 saturated heterocycles. The molecule has 0 aliphatic carbocycles. The molecular formula is C14H16O3. The van der Waals surface area contributed by atoms with E-state index in [4.69, 9.17) is 9.15 Å². The maximum Gasteiger partial charge on any atom is 0.198 e. The van der Waals surface area contributed by atoms with Crippen LogP contribution in [0, 0.1) is 5.92 Å². The number of ketones is 1. The number of furan rings is 1. The molecule has 3 nitrogen and oxygen atoms in total. The van der Waals surface area contributed by atoms with E-state index in [1.807, 2.05) is 31.2 Å². The molecule has 0 radical (unpaired) electrons. The molecule has 0 amide bonds. The highest BCUT2D eigenvalue weighted by Gasteiger charge is 2.15. The topological polar surface area (TPSA) is 39.4 Å². The van der Waals surface area contributed by atoms with Crippen LogP contribution in [0.5, 0.6) is 0 Å². The second-order valence-corrected chi connectivity index (χ2v) is 4.34. The van der Waals surface area contributed by atoms with E-state index in [1.54, 1.807) is 13.2 Å². The molecule has 0 bridgehead atoms. The predicted octanol–water partition coefficient (Wildman–Crippen LogP) is 3.29. The first-order valence-electron chi connectivity index (χ1n) is 5.71. The Kier molecular flexibility index (Phi) is 3.59. The van der Waals surface area contributed by atoms with E-state index in [9.17, 15) is 4.79 Å². The SMILES string of the molecule is COCC(C)CC(=O)c1cc2ccccc2o1. The first-order chi connectivity index (χ1) is 8.20. The first-order valence-corrected chi connectivity index (χ1v) is 5.71. The highest BCUT2D eigenvalue weighted by atomic mass is 16.5. The molecule has 1 aromatic heterocycles. The number of benzene rings is 1. The van der Waals surface area contributed by atoms with Crippen molar-refractivity contribution in [2.75, 3.05) is 13.7 Å². The fraction of sp³-hybridized carbons (Fsp3) is 0.357. The van der Waals surface area contributed by atoms with E-state index in [0.29, 0.717) is 18.8 Å². The summed E-state index contributed by atoms with van der Waals surface area (Å²) in [6, 6.07) is 9.43. The smallest absolute Gasteiger partial charge is 0.198 e. The van der Waals surface area contributed by atoms with Crippen LogP contribution in [-0.4, -0.2) is 19.5 Å². The molecule has 2 rings (SSSR count). The second kappa shape index (κ2) is 5.15. The van der Waals surface area contributed by atoms with E-state index < -0.39 is 0 Å². The molecule has 3 heteroatoms. The molecule has 0 fully saturated rings. The molecule has 2 aromatic rings. The number of ether oxygens (including phenoxy) is 1. The molecule has 1 atom stereocenters. The third-order valence-corrected chi connectivity index (χ3v) is 2.69. The summed E-state index contributed by atoms with van der Waals surface area (Å²) in [7, 11) is 1.64. The van der Waals surface area contributed by atoms with Crippen molar-refractivity contribution in [1.29, 1.82) is 0 Å². The minimum atomic E-state index is 0.0331. The molecule has 0 saturated carbocycles. The number of hydrogen-bond acceptors (Lipinski definition) is 3. The highest BCUT2D eigenvalue weighted by Crippen LogP contribution is 2.21. The van der Waals surface area contributed by atoms with Gasteiger partial charge in [-0.05, 0) is 18.1 Å². The molecule has 1 unspecified atom stereocenters. The van der Waals surface area contributed by atoms with Gasteiger partial charge in [0.2, 0.25) is 0 Å².